The zero-order chi connectivity index (χ0) is 28.8. The second-order valence-corrected chi connectivity index (χ2v) is 9.95. The molecule has 0 aliphatic carbocycles. The number of oxazole rings is 1. The van der Waals surface area contributed by atoms with E-state index in [0.717, 1.165) is 33.7 Å². The van der Waals surface area contributed by atoms with Gasteiger partial charge >= 0.3 is 5.97 Å². The monoisotopic (exact) mass is 551 g/mol. The van der Waals surface area contributed by atoms with Crippen LogP contribution >= 0.6 is 0 Å². The van der Waals surface area contributed by atoms with Crippen LogP contribution in [0.1, 0.15) is 23.9 Å². The van der Waals surface area contributed by atoms with E-state index in [2.05, 4.69) is 18.2 Å². The third-order valence-electron chi connectivity index (χ3n) is 6.80. The molecule has 6 nitrogen and oxygen atoms in total. The molecule has 4 aromatic carbocycles. The summed E-state index contributed by atoms with van der Waals surface area (Å²) in [5.41, 5.74) is 3.07. The van der Waals surface area contributed by atoms with E-state index >= 15 is 0 Å². The van der Waals surface area contributed by atoms with E-state index < -0.39 is 17.4 Å². The smallest absolute Gasteiger partial charge is 0.348 e. The van der Waals surface area contributed by atoms with Gasteiger partial charge in [0, 0.05) is 24.5 Å². The Bertz CT molecular complexity index is 1630. The van der Waals surface area contributed by atoms with Crippen LogP contribution < -0.4 is 9.47 Å². The Morgan fingerprint density at radius 2 is 1.61 bits per heavy atom. The van der Waals surface area contributed by atoms with Gasteiger partial charge < -0.3 is 19.0 Å². The molecule has 7 heteroatoms. The molecule has 0 saturated carbocycles. The van der Waals surface area contributed by atoms with Crippen molar-refractivity contribution in [1.29, 1.82) is 0 Å². The van der Waals surface area contributed by atoms with E-state index in [9.17, 15) is 14.3 Å². The van der Waals surface area contributed by atoms with Gasteiger partial charge in [0.2, 0.25) is 11.5 Å². The van der Waals surface area contributed by atoms with Crippen LogP contribution in [0.3, 0.4) is 0 Å². The average molecular weight is 552 g/mol. The number of hydrogen-bond acceptors (Lipinski definition) is 5. The molecular weight excluding hydrogens is 521 g/mol. The third-order valence-corrected chi connectivity index (χ3v) is 6.80. The Hall–Kier alpha value is -4.91. The van der Waals surface area contributed by atoms with Crippen LogP contribution in [-0.2, 0) is 17.6 Å². The van der Waals surface area contributed by atoms with E-state index in [4.69, 9.17) is 18.9 Å². The lowest BCUT2D eigenvalue weighted by Crippen LogP contribution is -2.43. The van der Waals surface area contributed by atoms with Crippen molar-refractivity contribution in [3.8, 4) is 34.1 Å². The minimum Gasteiger partial charge on any atom is -0.493 e. The Labute approximate surface area is 238 Å². The Kier molecular flexibility index (Phi) is 8.15. The van der Waals surface area contributed by atoms with Gasteiger partial charge in [-0.1, -0.05) is 66.7 Å². The number of ether oxygens (including phenoxy) is 2. The number of halogens is 1. The molecule has 0 amide bonds. The van der Waals surface area contributed by atoms with Crippen molar-refractivity contribution in [2.24, 2.45) is 0 Å². The topological polar surface area (TPSA) is 81.8 Å². The van der Waals surface area contributed by atoms with Crippen molar-refractivity contribution in [2.45, 2.75) is 32.3 Å². The number of aliphatic carboxylic acids is 1. The number of hydrogen-bond donors (Lipinski definition) is 1. The maximum atomic E-state index is 13.6. The summed E-state index contributed by atoms with van der Waals surface area (Å²) >= 11 is 0. The number of rotatable bonds is 11. The van der Waals surface area contributed by atoms with E-state index in [1.165, 1.54) is 31.2 Å². The second kappa shape index (κ2) is 12.1. The van der Waals surface area contributed by atoms with Gasteiger partial charge in [-0.25, -0.2) is 14.2 Å². The van der Waals surface area contributed by atoms with Crippen LogP contribution in [-0.4, -0.2) is 28.3 Å². The summed E-state index contributed by atoms with van der Waals surface area (Å²) in [4.78, 5) is 16.8. The second-order valence-electron chi connectivity index (χ2n) is 9.95. The molecule has 41 heavy (non-hydrogen) atoms. The molecule has 5 aromatic rings. The number of carboxylic acids is 1. The summed E-state index contributed by atoms with van der Waals surface area (Å²) in [5.74, 6) is 0.482. The van der Waals surface area contributed by atoms with Gasteiger partial charge in [-0.05, 0) is 60.9 Å². The summed E-state index contributed by atoms with van der Waals surface area (Å²) < 4.78 is 31.2. The molecule has 208 valence electrons. The first-order valence-electron chi connectivity index (χ1n) is 13.3. The van der Waals surface area contributed by atoms with Crippen LogP contribution in [0.15, 0.2) is 108 Å². The van der Waals surface area contributed by atoms with Gasteiger partial charge in [0.1, 0.15) is 23.1 Å². The van der Waals surface area contributed by atoms with Crippen LogP contribution in [0, 0.1) is 12.7 Å². The molecule has 0 spiro atoms. The number of nitrogens with zero attached hydrogens (tertiary/aromatic N) is 1. The minimum atomic E-state index is -1.57. The quantitative estimate of drug-likeness (QED) is 0.183. The molecule has 0 aliphatic heterocycles. The van der Waals surface area contributed by atoms with Crippen LogP contribution in [0.25, 0.3) is 22.6 Å². The molecule has 5 rings (SSSR count). The van der Waals surface area contributed by atoms with Crippen LogP contribution in [0.4, 0.5) is 4.39 Å². The van der Waals surface area contributed by atoms with E-state index in [-0.39, 0.29) is 12.2 Å². The van der Waals surface area contributed by atoms with Crippen LogP contribution in [0.5, 0.6) is 11.5 Å². The zero-order valence-corrected chi connectivity index (χ0v) is 22.8. The molecule has 0 aliphatic rings. The van der Waals surface area contributed by atoms with Crippen molar-refractivity contribution < 1.29 is 28.2 Å². The van der Waals surface area contributed by atoms with Crippen molar-refractivity contribution in [1.82, 2.24) is 4.98 Å². The molecule has 0 radical (unpaired) electrons. The van der Waals surface area contributed by atoms with E-state index in [1.54, 1.807) is 24.3 Å². The lowest BCUT2D eigenvalue weighted by Gasteiger charge is -2.26. The Morgan fingerprint density at radius 3 is 2.32 bits per heavy atom. The molecule has 0 bridgehead atoms. The highest BCUT2D eigenvalue weighted by molar-refractivity contribution is 5.80. The number of aromatic nitrogens is 1. The normalized spacial score (nSPS) is 12.5. The highest BCUT2D eigenvalue weighted by Gasteiger charge is 2.36. The first kappa shape index (κ1) is 27.6. The first-order chi connectivity index (χ1) is 19.8. The Morgan fingerprint density at radius 1 is 0.902 bits per heavy atom. The van der Waals surface area contributed by atoms with Gasteiger partial charge in [0.05, 0.1) is 12.3 Å². The number of carbonyl (C=O) groups is 1. The van der Waals surface area contributed by atoms with Gasteiger partial charge in [-0.3, -0.25) is 0 Å². The maximum Gasteiger partial charge on any atom is 0.348 e. The highest BCUT2D eigenvalue weighted by Crippen LogP contribution is 2.32. The molecule has 0 saturated heterocycles. The average Bonchev–Trinajstić information content (AvgIpc) is 3.34. The lowest BCUT2D eigenvalue weighted by atomic mass is 9.96. The fraction of sp³-hybridized carbons (Fsp3) is 0.176. The Balaban J connectivity index is 1.21. The summed E-state index contributed by atoms with van der Waals surface area (Å²) in [6, 6.07) is 30.8. The number of benzene rings is 4. The summed E-state index contributed by atoms with van der Waals surface area (Å²) in [6.45, 7) is 3.76. The number of aryl methyl sites for hydroxylation is 1. The lowest BCUT2D eigenvalue weighted by molar-refractivity contribution is -0.153. The predicted octanol–water partition coefficient (Wildman–Crippen LogP) is 7.54. The largest absolute Gasteiger partial charge is 0.493 e. The fourth-order valence-electron chi connectivity index (χ4n) is 4.62. The van der Waals surface area contributed by atoms with Gasteiger partial charge in [-0.15, -0.1) is 0 Å². The molecular formula is C34H30FNO5. The van der Waals surface area contributed by atoms with Crippen molar-refractivity contribution in [3.05, 3.63) is 126 Å². The van der Waals surface area contributed by atoms with Gasteiger partial charge in [0.15, 0.2) is 0 Å². The summed E-state index contributed by atoms with van der Waals surface area (Å²) in [5, 5.41) is 9.82. The fourth-order valence-corrected chi connectivity index (χ4v) is 4.62. The SMILES string of the molecule is Cc1oc(-c2ccccc2-c2ccccc2)nc1CCOc1ccc(CC(C)(Oc2cccc(F)c2)C(=O)O)cc1. The highest BCUT2D eigenvalue weighted by atomic mass is 19.1. The third kappa shape index (κ3) is 6.64. The molecule has 1 atom stereocenters. The standard InChI is InChI=1S/C34H30FNO5/c1-23-31(36-32(40-23)30-14-7-6-13-29(30)25-9-4-3-5-10-25)19-20-39-27-17-15-24(16-18-27)22-34(2,33(37)38)41-28-12-8-11-26(35)21-28/h3-18,21H,19-20,22H2,1-2H3,(H,37,38). The van der Waals surface area contributed by atoms with Gasteiger partial charge in [0.25, 0.3) is 0 Å². The molecule has 1 aromatic heterocycles. The van der Waals surface area contributed by atoms with Crippen molar-refractivity contribution >= 4 is 5.97 Å². The first-order valence-corrected chi connectivity index (χ1v) is 13.3. The summed E-state index contributed by atoms with van der Waals surface area (Å²) in [6.07, 6.45) is 0.646. The van der Waals surface area contributed by atoms with E-state index in [0.29, 0.717) is 24.7 Å². The predicted molar refractivity (Wildman–Crippen MR) is 155 cm³/mol. The molecule has 1 unspecified atom stereocenters. The molecule has 1 heterocycles. The number of carboxylic acid groups (broad SMARTS) is 1. The summed E-state index contributed by atoms with van der Waals surface area (Å²) in [7, 11) is 0. The maximum absolute atomic E-state index is 13.6. The molecule has 1 N–H and O–H groups in total. The van der Waals surface area contributed by atoms with E-state index in [1.807, 2.05) is 43.3 Å². The zero-order valence-electron chi connectivity index (χ0n) is 22.8. The van der Waals surface area contributed by atoms with Crippen LogP contribution in [0.2, 0.25) is 0 Å². The molecule has 0 fully saturated rings. The van der Waals surface area contributed by atoms with Gasteiger partial charge in [-0.2, -0.15) is 0 Å². The van der Waals surface area contributed by atoms with Crippen molar-refractivity contribution in [2.75, 3.05) is 6.61 Å². The van der Waals surface area contributed by atoms with Crippen molar-refractivity contribution in [3.63, 3.8) is 0 Å². The minimum absolute atomic E-state index is 0.0878.